The molecule has 6 nitrogen and oxygen atoms in total. The first-order chi connectivity index (χ1) is 13.4. The van der Waals surface area contributed by atoms with E-state index >= 15 is 0 Å². The Kier molecular flexibility index (Phi) is 6.15. The van der Waals surface area contributed by atoms with E-state index in [0.717, 1.165) is 23.0 Å². The first-order valence-electron chi connectivity index (χ1n) is 8.30. The number of aromatic nitrogens is 2. The van der Waals surface area contributed by atoms with Gasteiger partial charge in [-0.05, 0) is 25.1 Å². The Morgan fingerprint density at radius 1 is 1.04 bits per heavy atom. The summed E-state index contributed by atoms with van der Waals surface area (Å²) in [5.41, 5.74) is 0.902. The fraction of sp³-hybridized carbons (Fsp3) is 0.158. The molecule has 2 N–H and O–H groups in total. The van der Waals surface area contributed by atoms with E-state index in [-0.39, 0.29) is 23.9 Å². The summed E-state index contributed by atoms with van der Waals surface area (Å²) < 4.78 is 26.0. The van der Waals surface area contributed by atoms with Gasteiger partial charge in [-0.15, -0.1) is 0 Å². The predicted molar refractivity (Wildman–Crippen MR) is 103 cm³/mol. The van der Waals surface area contributed by atoms with Crippen LogP contribution in [0.15, 0.2) is 47.5 Å². The van der Waals surface area contributed by atoms with Crippen LogP contribution >= 0.6 is 11.8 Å². The standard InChI is InChI=1S/C19H16F2N4O2S/c1-11-23-16-5-3-2-4-13(16)19(24-11)28-10-18(27)22-9-17(26)25-12-6-7-14(20)15(21)8-12/h2-8H,9-10H2,1H3,(H,22,27)(H,25,26). The minimum atomic E-state index is -1.06. The number of benzene rings is 2. The number of carbonyl (C=O) groups is 2. The maximum Gasteiger partial charge on any atom is 0.243 e. The SMILES string of the molecule is Cc1nc(SCC(=O)NCC(=O)Nc2ccc(F)c(F)c2)c2ccccc2n1. The molecule has 1 heterocycles. The van der Waals surface area contributed by atoms with Crippen molar-refractivity contribution < 1.29 is 18.4 Å². The van der Waals surface area contributed by atoms with Gasteiger partial charge in [0.05, 0.1) is 17.8 Å². The minimum absolute atomic E-state index is 0.0684. The Balaban J connectivity index is 1.52. The van der Waals surface area contributed by atoms with Crippen LogP contribution in [-0.2, 0) is 9.59 Å². The van der Waals surface area contributed by atoms with Crippen LogP contribution in [0.3, 0.4) is 0 Å². The number of para-hydroxylation sites is 1. The average Bonchev–Trinajstić information content (AvgIpc) is 2.67. The average molecular weight is 402 g/mol. The monoisotopic (exact) mass is 402 g/mol. The van der Waals surface area contributed by atoms with Crippen molar-refractivity contribution in [2.75, 3.05) is 17.6 Å². The topological polar surface area (TPSA) is 84.0 Å². The summed E-state index contributed by atoms with van der Waals surface area (Å²) in [7, 11) is 0. The molecule has 0 aliphatic carbocycles. The summed E-state index contributed by atoms with van der Waals surface area (Å²) in [6.07, 6.45) is 0. The number of fused-ring (bicyclic) bond motifs is 1. The summed E-state index contributed by atoms with van der Waals surface area (Å²) in [5.74, 6) is -2.30. The van der Waals surface area contributed by atoms with Crippen LogP contribution in [0, 0.1) is 18.6 Å². The van der Waals surface area contributed by atoms with Crippen LogP contribution < -0.4 is 10.6 Å². The summed E-state index contributed by atoms with van der Waals surface area (Å²) in [5, 5.41) is 6.40. The van der Waals surface area contributed by atoms with E-state index < -0.39 is 17.5 Å². The number of halogens is 2. The molecule has 1 aromatic heterocycles. The molecule has 0 spiro atoms. The number of aryl methyl sites for hydroxylation is 1. The fourth-order valence-corrected chi connectivity index (χ4v) is 3.31. The molecule has 2 aromatic carbocycles. The number of nitrogens with one attached hydrogen (secondary N) is 2. The molecule has 0 bridgehead atoms. The Hall–Kier alpha value is -3.07. The maximum absolute atomic E-state index is 13.1. The molecule has 0 aliphatic heterocycles. The van der Waals surface area contributed by atoms with Crippen molar-refractivity contribution in [2.24, 2.45) is 0 Å². The molecule has 0 saturated carbocycles. The Bertz CT molecular complexity index is 1050. The van der Waals surface area contributed by atoms with Crippen molar-refractivity contribution in [1.82, 2.24) is 15.3 Å². The van der Waals surface area contributed by atoms with Crippen molar-refractivity contribution in [1.29, 1.82) is 0 Å². The van der Waals surface area contributed by atoms with Gasteiger partial charge in [0.1, 0.15) is 10.9 Å². The third-order valence-electron chi connectivity index (χ3n) is 3.67. The van der Waals surface area contributed by atoms with Crippen LogP contribution in [-0.4, -0.2) is 34.1 Å². The lowest BCUT2D eigenvalue weighted by Gasteiger charge is -2.08. The lowest BCUT2D eigenvalue weighted by molar-refractivity contribution is -0.122. The van der Waals surface area contributed by atoms with Gasteiger partial charge in [0.15, 0.2) is 11.6 Å². The number of carbonyl (C=O) groups excluding carboxylic acids is 2. The molecule has 0 atom stereocenters. The zero-order chi connectivity index (χ0) is 20.1. The number of thioether (sulfide) groups is 1. The van der Waals surface area contributed by atoms with Crippen molar-refractivity contribution in [3.63, 3.8) is 0 Å². The van der Waals surface area contributed by atoms with Crippen LogP contribution in [0.4, 0.5) is 14.5 Å². The first kappa shape index (κ1) is 19.7. The number of nitrogens with zero attached hydrogens (tertiary/aromatic N) is 2. The number of rotatable bonds is 6. The van der Waals surface area contributed by atoms with Gasteiger partial charge in [0.25, 0.3) is 0 Å². The molecule has 9 heteroatoms. The summed E-state index contributed by atoms with van der Waals surface area (Å²) in [4.78, 5) is 32.6. The summed E-state index contributed by atoms with van der Waals surface area (Å²) in [6.45, 7) is 1.49. The highest BCUT2D eigenvalue weighted by atomic mass is 32.2. The molecule has 0 radical (unpaired) electrons. The van der Waals surface area contributed by atoms with Crippen LogP contribution in [0.1, 0.15) is 5.82 Å². The zero-order valence-electron chi connectivity index (χ0n) is 14.8. The molecule has 0 fully saturated rings. The van der Waals surface area contributed by atoms with E-state index in [1.54, 1.807) is 6.92 Å². The Morgan fingerprint density at radius 2 is 1.82 bits per heavy atom. The summed E-state index contributed by atoms with van der Waals surface area (Å²) >= 11 is 1.25. The second kappa shape index (κ2) is 8.75. The quantitative estimate of drug-likeness (QED) is 0.489. The van der Waals surface area contributed by atoms with Gasteiger partial charge in [0.2, 0.25) is 11.8 Å². The van der Waals surface area contributed by atoms with Crippen molar-refractivity contribution in [3.8, 4) is 0 Å². The van der Waals surface area contributed by atoms with Crippen LogP contribution in [0.5, 0.6) is 0 Å². The molecule has 144 valence electrons. The van der Waals surface area contributed by atoms with Gasteiger partial charge in [0, 0.05) is 17.1 Å². The molecule has 0 saturated heterocycles. The normalized spacial score (nSPS) is 10.7. The Labute approximate surface area is 163 Å². The number of amides is 2. The smallest absolute Gasteiger partial charge is 0.243 e. The lowest BCUT2D eigenvalue weighted by Crippen LogP contribution is -2.33. The zero-order valence-corrected chi connectivity index (χ0v) is 15.6. The third-order valence-corrected chi connectivity index (χ3v) is 4.66. The molecular formula is C19H16F2N4O2S. The van der Waals surface area contributed by atoms with Crippen LogP contribution in [0.2, 0.25) is 0 Å². The highest BCUT2D eigenvalue weighted by Crippen LogP contribution is 2.24. The van der Waals surface area contributed by atoms with Gasteiger partial charge in [-0.1, -0.05) is 30.0 Å². The fourth-order valence-electron chi connectivity index (χ4n) is 2.41. The summed E-state index contributed by atoms with van der Waals surface area (Å²) in [6, 6.07) is 10.5. The minimum Gasteiger partial charge on any atom is -0.346 e. The van der Waals surface area contributed by atoms with Gasteiger partial charge < -0.3 is 10.6 Å². The second-order valence-electron chi connectivity index (χ2n) is 5.84. The van der Waals surface area contributed by atoms with Crippen molar-refractivity contribution >= 4 is 40.2 Å². The van der Waals surface area contributed by atoms with E-state index in [1.165, 1.54) is 17.8 Å². The van der Waals surface area contributed by atoms with Gasteiger partial charge in [-0.2, -0.15) is 0 Å². The lowest BCUT2D eigenvalue weighted by atomic mass is 10.2. The van der Waals surface area contributed by atoms with Crippen molar-refractivity contribution in [3.05, 3.63) is 59.9 Å². The van der Waals surface area contributed by atoms with Gasteiger partial charge in [-0.25, -0.2) is 18.7 Å². The second-order valence-corrected chi connectivity index (χ2v) is 6.80. The molecule has 0 aliphatic rings. The molecule has 2 amide bonds. The highest BCUT2D eigenvalue weighted by molar-refractivity contribution is 8.00. The largest absolute Gasteiger partial charge is 0.346 e. The van der Waals surface area contributed by atoms with E-state index in [1.807, 2.05) is 24.3 Å². The third kappa shape index (κ3) is 5.01. The highest BCUT2D eigenvalue weighted by Gasteiger charge is 2.11. The first-order valence-corrected chi connectivity index (χ1v) is 9.29. The van der Waals surface area contributed by atoms with Crippen molar-refractivity contribution in [2.45, 2.75) is 11.9 Å². The number of hydrogen-bond donors (Lipinski definition) is 2. The molecule has 0 unspecified atom stereocenters. The number of hydrogen-bond acceptors (Lipinski definition) is 5. The van der Waals surface area contributed by atoms with Gasteiger partial charge >= 0.3 is 0 Å². The van der Waals surface area contributed by atoms with E-state index in [0.29, 0.717) is 10.9 Å². The number of anilines is 1. The molecule has 3 rings (SSSR count). The maximum atomic E-state index is 13.1. The van der Waals surface area contributed by atoms with E-state index in [2.05, 4.69) is 20.6 Å². The van der Waals surface area contributed by atoms with Gasteiger partial charge in [-0.3, -0.25) is 9.59 Å². The molecule has 28 heavy (non-hydrogen) atoms. The van der Waals surface area contributed by atoms with Crippen LogP contribution in [0.25, 0.3) is 10.9 Å². The Morgan fingerprint density at radius 3 is 2.61 bits per heavy atom. The van der Waals surface area contributed by atoms with E-state index in [4.69, 9.17) is 0 Å². The molecule has 3 aromatic rings. The van der Waals surface area contributed by atoms with E-state index in [9.17, 15) is 18.4 Å². The predicted octanol–water partition coefficient (Wildman–Crippen LogP) is 3.06. The molecular weight excluding hydrogens is 386 g/mol.